The number of aliphatic hydroxyl groups excluding tert-OH is 1. The van der Waals surface area contributed by atoms with Crippen LogP contribution in [-0.4, -0.2) is 41.2 Å². The molecular formula is C13H12ClF2N3O2. The van der Waals surface area contributed by atoms with E-state index in [1.54, 1.807) is 0 Å². The summed E-state index contributed by atoms with van der Waals surface area (Å²) in [7, 11) is 0. The molecule has 1 fully saturated rings. The van der Waals surface area contributed by atoms with Gasteiger partial charge in [0.1, 0.15) is 5.69 Å². The summed E-state index contributed by atoms with van der Waals surface area (Å²) in [5, 5.41) is 15.1. The number of nitrogens with one attached hydrogen (secondary N) is 3. The lowest BCUT2D eigenvalue weighted by Crippen LogP contribution is -2.42. The van der Waals surface area contributed by atoms with Crippen LogP contribution >= 0.6 is 11.6 Å². The Morgan fingerprint density at radius 1 is 1.33 bits per heavy atom. The lowest BCUT2D eigenvalue weighted by molar-refractivity contribution is 0.0884. The summed E-state index contributed by atoms with van der Waals surface area (Å²) in [6, 6.07) is 2.21. The van der Waals surface area contributed by atoms with Crippen LogP contribution in [-0.2, 0) is 0 Å². The van der Waals surface area contributed by atoms with Crippen molar-refractivity contribution >= 4 is 28.4 Å². The standard InChI is InChI=1S/C13H12ClF2N3O2/c14-6-1-5-2-7(18-12(5)11(16)10(6)15)13(21)19-8-3-17-4-9(8)20/h1-2,8-9,17-18,20H,3-4H2,(H,19,21)/t8-,9-/m1/s1. The minimum atomic E-state index is -1.16. The van der Waals surface area contributed by atoms with Gasteiger partial charge in [0.15, 0.2) is 11.6 Å². The normalized spacial score (nSPS) is 21.9. The molecule has 0 radical (unpaired) electrons. The van der Waals surface area contributed by atoms with Crippen LogP contribution in [0, 0.1) is 11.6 Å². The second-order valence-electron chi connectivity index (χ2n) is 4.94. The van der Waals surface area contributed by atoms with Crippen LogP contribution in [0.4, 0.5) is 8.78 Å². The monoisotopic (exact) mass is 315 g/mol. The van der Waals surface area contributed by atoms with Crippen molar-refractivity contribution in [2.24, 2.45) is 0 Å². The highest BCUT2D eigenvalue weighted by molar-refractivity contribution is 6.31. The number of hydrogen-bond donors (Lipinski definition) is 4. The highest BCUT2D eigenvalue weighted by Gasteiger charge is 2.27. The summed E-state index contributed by atoms with van der Waals surface area (Å²) < 4.78 is 27.1. The van der Waals surface area contributed by atoms with E-state index in [4.69, 9.17) is 11.6 Å². The molecule has 2 atom stereocenters. The summed E-state index contributed by atoms with van der Waals surface area (Å²) in [5.74, 6) is -2.79. The van der Waals surface area contributed by atoms with E-state index in [-0.39, 0.29) is 16.2 Å². The van der Waals surface area contributed by atoms with Gasteiger partial charge >= 0.3 is 0 Å². The maximum Gasteiger partial charge on any atom is 0.268 e. The minimum Gasteiger partial charge on any atom is -0.390 e. The Morgan fingerprint density at radius 2 is 2.10 bits per heavy atom. The van der Waals surface area contributed by atoms with Crippen molar-refractivity contribution in [2.45, 2.75) is 12.1 Å². The van der Waals surface area contributed by atoms with Crippen molar-refractivity contribution in [2.75, 3.05) is 13.1 Å². The number of aliphatic hydroxyl groups is 1. The molecule has 0 unspecified atom stereocenters. The number of hydrogen-bond acceptors (Lipinski definition) is 3. The molecule has 2 heterocycles. The number of amides is 1. The number of H-pyrrole nitrogens is 1. The SMILES string of the molecule is O=C(N[C@@H]1CNC[C@H]1O)c1cc2cc(Cl)c(F)c(F)c2[nH]1. The maximum atomic E-state index is 13.7. The van der Waals surface area contributed by atoms with E-state index < -0.39 is 29.7 Å². The van der Waals surface area contributed by atoms with Gasteiger partial charge in [0, 0.05) is 18.5 Å². The first-order valence-corrected chi connectivity index (χ1v) is 6.71. The zero-order chi connectivity index (χ0) is 15.1. The van der Waals surface area contributed by atoms with E-state index >= 15 is 0 Å². The fourth-order valence-corrected chi connectivity index (χ4v) is 2.56. The number of fused-ring (bicyclic) bond motifs is 1. The lowest BCUT2D eigenvalue weighted by atomic mass is 10.2. The highest BCUT2D eigenvalue weighted by atomic mass is 35.5. The van der Waals surface area contributed by atoms with Gasteiger partial charge in [-0.2, -0.15) is 0 Å². The third-order valence-corrected chi connectivity index (χ3v) is 3.77. The van der Waals surface area contributed by atoms with Crippen molar-refractivity contribution in [1.29, 1.82) is 0 Å². The fourth-order valence-electron chi connectivity index (χ4n) is 2.36. The number of carbonyl (C=O) groups excluding carboxylic acids is 1. The van der Waals surface area contributed by atoms with E-state index in [1.807, 2.05) is 0 Å². The average molecular weight is 316 g/mol. The molecule has 1 saturated heterocycles. The Morgan fingerprint density at radius 3 is 2.76 bits per heavy atom. The molecule has 0 spiro atoms. The predicted molar refractivity (Wildman–Crippen MR) is 73.4 cm³/mol. The van der Waals surface area contributed by atoms with Crippen molar-refractivity contribution in [1.82, 2.24) is 15.6 Å². The second kappa shape index (κ2) is 5.25. The van der Waals surface area contributed by atoms with E-state index in [0.717, 1.165) is 0 Å². The van der Waals surface area contributed by atoms with Crippen LogP contribution in [0.1, 0.15) is 10.5 Å². The topological polar surface area (TPSA) is 77.2 Å². The molecule has 0 saturated carbocycles. The Kier molecular flexibility index (Phi) is 3.56. The zero-order valence-electron chi connectivity index (χ0n) is 10.7. The van der Waals surface area contributed by atoms with Gasteiger partial charge in [-0.25, -0.2) is 8.78 Å². The first-order valence-electron chi connectivity index (χ1n) is 6.33. The van der Waals surface area contributed by atoms with Crippen molar-refractivity contribution in [3.8, 4) is 0 Å². The van der Waals surface area contributed by atoms with E-state index in [0.29, 0.717) is 18.5 Å². The van der Waals surface area contributed by atoms with Crippen LogP contribution < -0.4 is 10.6 Å². The Labute approximate surface area is 123 Å². The van der Waals surface area contributed by atoms with Gasteiger partial charge in [0.2, 0.25) is 0 Å². The molecule has 0 bridgehead atoms. The molecule has 5 nitrogen and oxygen atoms in total. The van der Waals surface area contributed by atoms with Crippen LogP contribution in [0.15, 0.2) is 12.1 Å². The molecule has 1 aromatic heterocycles. The van der Waals surface area contributed by atoms with E-state index in [9.17, 15) is 18.7 Å². The Balaban J connectivity index is 1.90. The fraction of sp³-hybridized carbons (Fsp3) is 0.308. The third-order valence-electron chi connectivity index (χ3n) is 3.50. The van der Waals surface area contributed by atoms with Crippen LogP contribution in [0.5, 0.6) is 0 Å². The Bertz CT molecular complexity index is 719. The van der Waals surface area contributed by atoms with Gasteiger partial charge in [-0.1, -0.05) is 11.6 Å². The van der Waals surface area contributed by atoms with Gasteiger partial charge in [-0.05, 0) is 12.1 Å². The van der Waals surface area contributed by atoms with Crippen LogP contribution in [0.25, 0.3) is 10.9 Å². The summed E-state index contributed by atoms with van der Waals surface area (Å²) >= 11 is 5.57. The van der Waals surface area contributed by atoms with Crippen LogP contribution in [0.3, 0.4) is 0 Å². The predicted octanol–water partition coefficient (Wildman–Crippen LogP) is 1.16. The highest BCUT2D eigenvalue weighted by Crippen LogP contribution is 2.27. The maximum absolute atomic E-state index is 13.7. The molecule has 1 aromatic carbocycles. The number of rotatable bonds is 2. The van der Waals surface area contributed by atoms with Crippen molar-refractivity contribution in [3.05, 3.63) is 34.5 Å². The molecule has 3 rings (SSSR count). The molecule has 1 aliphatic heterocycles. The number of β-amino-alcohol motifs (C(OH)–C–C–N with tert-alkyl or cyclic N) is 1. The number of carbonyl (C=O) groups is 1. The average Bonchev–Trinajstić information content (AvgIpc) is 3.03. The largest absolute Gasteiger partial charge is 0.390 e. The quantitative estimate of drug-likeness (QED) is 0.628. The van der Waals surface area contributed by atoms with Crippen molar-refractivity contribution < 1.29 is 18.7 Å². The smallest absolute Gasteiger partial charge is 0.268 e. The lowest BCUT2D eigenvalue weighted by Gasteiger charge is -2.14. The zero-order valence-corrected chi connectivity index (χ0v) is 11.5. The summed E-state index contributed by atoms with van der Waals surface area (Å²) in [4.78, 5) is 14.6. The molecule has 0 aliphatic carbocycles. The molecule has 1 amide bonds. The number of aromatic amines is 1. The third kappa shape index (κ3) is 2.48. The van der Waals surface area contributed by atoms with Gasteiger partial charge < -0.3 is 20.7 Å². The summed E-state index contributed by atoms with van der Waals surface area (Å²) in [6.45, 7) is 0.842. The molecule has 21 heavy (non-hydrogen) atoms. The molecule has 2 aromatic rings. The van der Waals surface area contributed by atoms with E-state index in [2.05, 4.69) is 15.6 Å². The molecule has 1 aliphatic rings. The first kappa shape index (κ1) is 14.2. The Hall–Kier alpha value is -1.70. The van der Waals surface area contributed by atoms with Crippen molar-refractivity contribution in [3.63, 3.8) is 0 Å². The molecule has 8 heteroatoms. The van der Waals surface area contributed by atoms with Gasteiger partial charge in [-0.3, -0.25) is 4.79 Å². The summed E-state index contributed by atoms with van der Waals surface area (Å²) in [5.41, 5.74) is -0.0446. The molecule has 112 valence electrons. The van der Waals surface area contributed by atoms with Gasteiger partial charge in [-0.15, -0.1) is 0 Å². The minimum absolute atomic E-state index is 0.0738. The van der Waals surface area contributed by atoms with Gasteiger partial charge in [0.05, 0.1) is 22.7 Å². The second-order valence-corrected chi connectivity index (χ2v) is 5.35. The molecular weight excluding hydrogens is 304 g/mol. The summed E-state index contributed by atoms with van der Waals surface area (Å²) in [6.07, 6.45) is -0.679. The number of halogens is 3. The number of aromatic nitrogens is 1. The van der Waals surface area contributed by atoms with Crippen LogP contribution in [0.2, 0.25) is 5.02 Å². The van der Waals surface area contributed by atoms with E-state index in [1.165, 1.54) is 12.1 Å². The first-order chi connectivity index (χ1) is 9.97. The molecule has 4 N–H and O–H groups in total. The number of benzene rings is 1. The van der Waals surface area contributed by atoms with Gasteiger partial charge in [0.25, 0.3) is 5.91 Å².